The number of ether oxygens (including phenoxy) is 1. The Morgan fingerprint density at radius 1 is 1.30 bits per heavy atom. The largest absolute Gasteiger partial charge is 0.479 e. The highest BCUT2D eigenvalue weighted by Gasteiger charge is 2.33. The average molecular weight is 381 g/mol. The molecule has 2 aromatic rings. The van der Waals surface area contributed by atoms with Crippen molar-refractivity contribution < 1.29 is 27.5 Å². The molecule has 0 aliphatic carbocycles. The van der Waals surface area contributed by atoms with Crippen molar-refractivity contribution in [2.75, 3.05) is 16.8 Å². The Kier molecular flexibility index (Phi) is 4.64. The topological polar surface area (TPSA) is 91.5 Å². The number of halogens is 3. The van der Waals surface area contributed by atoms with Crippen LogP contribution in [0.3, 0.4) is 0 Å². The summed E-state index contributed by atoms with van der Waals surface area (Å²) in [4.78, 5) is 39.4. The van der Waals surface area contributed by atoms with E-state index in [1.54, 1.807) is 24.3 Å². The average Bonchev–Trinajstić information content (AvgIpc) is 2.60. The minimum Gasteiger partial charge on any atom is -0.479 e. The maximum absolute atomic E-state index is 12.8. The van der Waals surface area contributed by atoms with Gasteiger partial charge in [0.2, 0.25) is 5.91 Å². The van der Waals surface area contributed by atoms with Crippen molar-refractivity contribution in [1.29, 1.82) is 0 Å². The number of benzene rings is 1. The van der Waals surface area contributed by atoms with E-state index in [9.17, 15) is 27.6 Å². The number of hydrogen-bond acceptors (Lipinski definition) is 4. The molecule has 1 aliphatic heterocycles. The van der Waals surface area contributed by atoms with Gasteiger partial charge in [0.15, 0.2) is 6.10 Å². The molecule has 0 spiro atoms. The van der Waals surface area contributed by atoms with Crippen molar-refractivity contribution >= 4 is 23.2 Å². The first-order chi connectivity index (χ1) is 12.7. The molecule has 0 saturated carbocycles. The number of aromatic amines is 1. The molecule has 7 nitrogen and oxygen atoms in total. The zero-order chi connectivity index (χ0) is 19.8. The smallest absolute Gasteiger partial charge is 0.417 e. The minimum absolute atomic E-state index is 0.355. The molecule has 2 N–H and O–H groups in total. The number of amides is 2. The highest BCUT2D eigenvalue weighted by atomic mass is 19.4. The molecule has 2 heterocycles. The molecule has 27 heavy (non-hydrogen) atoms. The van der Waals surface area contributed by atoms with Crippen LogP contribution in [0.2, 0.25) is 0 Å². The number of fused-ring (bicyclic) bond motifs is 1. The molecule has 10 heteroatoms. The highest BCUT2D eigenvalue weighted by Crippen LogP contribution is 2.33. The van der Waals surface area contributed by atoms with E-state index in [0.717, 1.165) is 4.90 Å². The zero-order valence-corrected chi connectivity index (χ0v) is 14.0. The molecule has 0 radical (unpaired) electrons. The predicted molar refractivity (Wildman–Crippen MR) is 89.6 cm³/mol. The van der Waals surface area contributed by atoms with E-state index < -0.39 is 47.4 Å². The molecule has 0 unspecified atom stereocenters. The standard InChI is InChI=1S/C17H14F3N3O4/c1-9-16(26)23(12-4-2-3-5-13(12)27-9)8-14(24)22-11-6-10(17(18,19)20)7-21-15(11)25/h2-7,9H,8H2,1H3,(H,21,25)(H,22,24)/t9-/m0/s1. The normalized spacial score (nSPS) is 16.5. The Labute approximate surface area is 150 Å². The lowest BCUT2D eigenvalue weighted by Crippen LogP contribution is -2.47. The summed E-state index contributed by atoms with van der Waals surface area (Å²) in [5, 5.41) is 2.12. The van der Waals surface area contributed by atoms with Crippen molar-refractivity contribution in [3.63, 3.8) is 0 Å². The molecule has 1 atom stereocenters. The maximum atomic E-state index is 12.8. The first kappa shape index (κ1) is 18.5. The number of rotatable bonds is 3. The number of para-hydroxylation sites is 2. The fraction of sp³-hybridized carbons (Fsp3) is 0.235. The number of carbonyl (C=O) groups excluding carboxylic acids is 2. The number of pyridine rings is 1. The van der Waals surface area contributed by atoms with E-state index in [-0.39, 0.29) is 0 Å². The van der Waals surface area contributed by atoms with Gasteiger partial charge >= 0.3 is 6.18 Å². The first-order valence-electron chi connectivity index (χ1n) is 7.83. The van der Waals surface area contributed by atoms with Crippen LogP contribution in [0, 0.1) is 0 Å². The van der Waals surface area contributed by atoms with Crippen LogP contribution >= 0.6 is 0 Å². The minimum atomic E-state index is -4.68. The summed E-state index contributed by atoms with van der Waals surface area (Å²) in [6.45, 7) is 1.03. The number of anilines is 2. The van der Waals surface area contributed by atoms with Gasteiger partial charge in [-0.25, -0.2) is 0 Å². The molecular weight excluding hydrogens is 367 g/mol. The molecule has 0 bridgehead atoms. The highest BCUT2D eigenvalue weighted by molar-refractivity contribution is 6.06. The monoisotopic (exact) mass is 381 g/mol. The van der Waals surface area contributed by atoms with Gasteiger partial charge < -0.3 is 15.0 Å². The third kappa shape index (κ3) is 3.78. The summed E-state index contributed by atoms with van der Waals surface area (Å²) in [6, 6.07) is 7.08. The Morgan fingerprint density at radius 3 is 2.70 bits per heavy atom. The molecule has 3 rings (SSSR count). The quantitative estimate of drug-likeness (QED) is 0.852. The van der Waals surface area contributed by atoms with Crippen LogP contribution < -0.4 is 20.5 Å². The SMILES string of the molecule is C[C@@H]1Oc2ccccc2N(CC(=O)Nc2cc(C(F)(F)F)c[nH]c2=O)C1=O. The number of carbonyl (C=O) groups is 2. The van der Waals surface area contributed by atoms with Crippen molar-refractivity contribution in [3.8, 4) is 5.75 Å². The van der Waals surface area contributed by atoms with Gasteiger partial charge in [0.05, 0.1) is 11.3 Å². The molecule has 1 aliphatic rings. The molecular formula is C17H14F3N3O4. The molecule has 0 saturated heterocycles. The van der Waals surface area contributed by atoms with Crippen molar-refractivity contribution in [2.24, 2.45) is 0 Å². The predicted octanol–water partition coefficient (Wildman–Crippen LogP) is 2.15. The second-order valence-electron chi connectivity index (χ2n) is 5.83. The van der Waals surface area contributed by atoms with Crippen LogP contribution in [0.1, 0.15) is 12.5 Å². The van der Waals surface area contributed by atoms with Gasteiger partial charge in [0.25, 0.3) is 11.5 Å². The van der Waals surface area contributed by atoms with E-state index in [1.165, 1.54) is 6.92 Å². The number of alkyl halides is 3. The first-order valence-corrected chi connectivity index (χ1v) is 7.83. The molecule has 142 valence electrons. The number of nitrogens with zero attached hydrogens (tertiary/aromatic N) is 1. The van der Waals surface area contributed by atoms with Gasteiger partial charge in [0.1, 0.15) is 18.0 Å². The second kappa shape index (κ2) is 6.78. The van der Waals surface area contributed by atoms with Gasteiger partial charge in [-0.05, 0) is 25.1 Å². The van der Waals surface area contributed by atoms with Gasteiger partial charge in [-0.1, -0.05) is 12.1 Å². The summed E-state index contributed by atoms with van der Waals surface area (Å²) >= 11 is 0. The van der Waals surface area contributed by atoms with Gasteiger partial charge in [-0.3, -0.25) is 19.3 Å². The van der Waals surface area contributed by atoms with Crippen LogP contribution in [0.4, 0.5) is 24.5 Å². The number of hydrogen-bond donors (Lipinski definition) is 2. The van der Waals surface area contributed by atoms with Gasteiger partial charge in [0, 0.05) is 6.20 Å². The Hall–Kier alpha value is -3.30. The molecule has 2 amide bonds. The van der Waals surface area contributed by atoms with Crippen LogP contribution in [0.25, 0.3) is 0 Å². The summed E-state index contributed by atoms with van der Waals surface area (Å²) in [6.07, 6.45) is -5.00. The summed E-state index contributed by atoms with van der Waals surface area (Å²) < 4.78 is 43.7. The van der Waals surface area contributed by atoms with Crippen molar-refractivity contribution in [2.45, 2.75) is 19.2 Å². The number of H-pyrrole nitrogens is 1. The van der Waals surface area contributed by atoms with Crippen molar-refractivity contribution in [3.05, 3.63) is 52.4 Å². The lowest BCUT2D eigenvalue weighted by Gasteiger charge is -2.32. The van der Waals surface area contributed by atoms with Crippen LogP contribution in [-0.2, 0) is 15.8 Å². The summed E-state index contributed by atoms with van der Waals surface area (Å²) in [7, 11) is 0. The maximum Gasteiger partial charge on any atom is 0.417 e. The fourth-order valence-electron chi connectivity index (χ4n) is 2.60. The van der Waals surface area contributed by atoms with Crippen LogP contribution in [0.5, 0.6) is 5.75 Å². The lowest BCUT2D eigenvalue weighted by atomic mass is 10.2. The van der Waals surface area contributed by atoms with E-state index in [2.05, 4.69) is 5.32 Å². The molecule has 1 aromatic heterocycles. The Balaban J connectivity index is 1.83. The Bertz CT molecular complexity index is 955. The van der Waals surface area contributed by atoms with Gasteiger partial charge in [-0.2, -0.15) is 13.2 Å². The van der Waals surface area contributed by atoms with E-state index in [4.69, 9.17) is 4.74 Å². The zero-order valence-electron chi connectivity index (χ0n) is 14.0. The van der Waals surface area contributed by atoms with E-state index in [0.29, 0.717) is 23.7 Å². The molecule has 0 fully saturated rings. The van der Waals surface area contributed by atoms with Gasteiger partial charge in [-0.15, -0.1) is 0 Å². The fourth-order valence-corrected chi connectivity index (χ4v) is 2.60. The van der Waals surface area contributed by atoms with E-state index in [1.807, 2.05) is 4.98 Å². The lowest BCUT2D eigenvalue weighted by molar-refractivity contribution is -0.137. The summed E-state index contributed by atoms with van der Waals surface area (Å²) in [5.74, 6) is -0.909. The number of nitrogens with one attached hydrogen (secondary N) is 2. The Morgan fingerprint density at radius 2 is 2.00 bits per heavy atom. The third-order valence-electron chi connectivity index (χ3n) is 3.88. The van der Waals surface area contributed by atoms with E-state index >= 15 is 0 Å². The number of aromatic nitrogens is 1. The van der Waals surface area contributed by atoms with Crippen LogP contribution in [-0.4, -0.2) is 29.4 Å². The molecule has 1 aromatic carbocycles. The summed E-state index contributed by atoms with van der Waals surface area (Å²) in [5.41, 5.74) is -2.21. The van der Waals surface area contributed by atoms with Crippen molar-refractivity contribution in [1.82, 2.24) is 4.98 Å². The third-order valence-corrected chi connectivity index (χ3v) is 3.88. The second-order valence-corrected chi connectivity index (χ2v) is 5.83. The van der Waals surface area contributed by atoms with Crippen LogP contribution in [0.15, 0.2) is 41.3 Å².